The van der Waals surface area contributed by atoms with Crippen LogP contribution >= 0.6 is 0 Å². The van der Waals surface area contributed by atoms with Crippen molar-refractivity contribution in [3.05, 3.63) is 39.9 Å². The van der Waals surface area contributed by atoms with Crippen molar-refractivity contribution < 1.29 is 39.6 Å². The van der Waals surface area contributed by atoms with Gasteiger partial charge in [0, 0.05) is 31.3 Å². The SMILES string of the molecule is CN(C)CC(=O)Nc1cc(N(C)C)c2c(c1O)C(=O)C1=C(O)[C@]3(O)C(=O)C(C(N)=O)=C(O)[C@@H](N(C)C)C3CC1C2. The Bertz CT molecular complexity index is 1400. The number of nitrogens with zero attached hydrogens (tertiary/aromatic N) is 3. The summed E-state index contributed by atoms with van der Waals surface area (Å²) in [4.78, 5) is 56.9. The number of nitrogens with one attached hydrogen (secondary N) is 1. The predicted octanol–water partition coefficient (Wildman–Crippen LogP) is -0.313. The van der Waals surface area contributed by atoms with Crippen molar-refractivity contribution >= 4 is 34.8 Å². The number of fused-ring (bicyclic) bond motifs is 3. The summed E-state index contributed by atoms with van der Waals surface area (Å²) in [6.07, 6.45) is 0.127. The summed E-state index contributed by atoms with van der Waals surface area (Å²) in [7, 11) is 10.0. The summed E-state index contributed by atoms with van der Waals surface area (Å²) in [6, 6.07) is 0.491. The van der Waals surface area contributed by atoms with Crippen LogP contribution in [0.25, 0.3) is 0 Å². The minimum Gasteiger partial charge on any atom is -0.510 e. The molecule has 0 heterocycles. The molecule has 3 aliphatic rings. The van der Waals surface area contributed by atoms with Gasteiger partial charge in [0.2, 0.25) is 11.7 Å². The minimum atomic E-state index is -2.72. The number of rotatable bonds is 6. The summed E-state index contributed by atoms with van der Waals surface area (Å²) < 4.78 is 0. The van der Waals surface area contributed by atoms with Crippen LogP contribution in [0.2, 0.25) is 0 Å². The monoisotopic (exact) mass is 557 g/mol. The maximum atomic E-state index is 14.0. The van der Waals surface area contributed by atoms with Gasteiger partial charge < -0.3 is 41.3 Å². The first-order valence-electron chi connectivity index (χ1n) is 12.7. The van der Waals surface area contributed by atoms with Crippen molar-refractivity contribution in [1.82, 2.24) is 9.80 Å². The van der Waals surface area contributed by atoms with Crippen LogP contribution in [-0.4, -0.2) is 114 Å². The highest BCUT2D eigenvalue weighted by Crippen LogP contribution is 2.53. The van der Waals surface area contributed by atoms with E-state index in [1.54, 1.807) is 58.2 Å². The van der Waals surface area contributed by atoms with Gasteiger partial charge in [0.25, 0.3) is 5.91 Å². The number of hydrogen-bond acceptors (Lipinski definition) is 11. The molecule has 0 spiro atoms. The number of carbonyl (C=O) groups excluding carboxylic acids is 4. The number of anilines is 2. The van der Waals surface area contributed by atoms with Gasteiger partial charge in [-0.25, -0.2) is 0 Å². The third kappa shape index (κ3) is 4.21. The topological polar surface area (TPSA) is 197 Å². The van der Waals surface area contributed by atoms with Gasteiger partial charge in [-0.15, -0.1) is 0 Å². The molecule has 4 atom stereocenters. The second kappa shape index (κ2) is 9.91. The molecule has 0 bridgehead atoms. The van der Waals surface area contributed by atoms with E-state index in [2.05, 4.69) is 5.32 Å². The second-order valence-corrected chi connectivity index (χ2v) is 11.3. The van der Waals surface area contributed by atoms with E-state index in [0.29, 0.717) is 11.3 Å². The van der Waals surface area contributed by atoms with Gasteiger partial charge in [0.15, 0.2) is 17.1 Å². The molecule has 1 aromatic carbocycles. The molecule has 4 rings (SSSR count). The van der Waals surface area contributed by atoms with E-state index < -0.39 is 69.7 Å². The Hall–Kier alpha value is -3.94. The number of aliphatic hydroxyl groups excluding tert-OH is 2. The number of allylic oxidation sites excluding steroid dienone is 1. The molecule has 0 aliphatic heterocycles. The van der Waals surface area contributed by atoms with Crippen LogP contribution in [0, 0.1) is 11.8 Å². The molecule has 13 nitrogen and oxygen atoms in total. The number of phenolic OH excluding ortho intramolecular Hbond substituents is 1. The van der Waals surface area contributed by atoms with Crippen LogP contribution in [0.1, 0.15) is 22.3 Å². The Morgan fingerprint density at radius 3 is 2.25 bits per heavy atom. The summed E-state index contributed by atoms with van der Waals surface area (Å²) in [6.45, 7) is 0.0158. The molecule has 7 N–H and O–H groups in total. The van der Waals surface area contributed by atoms with E-state index in [9.17, 15) is 39.6 Å². The van der Waals surface area contributed by atoms with Crippen molar-refractivity contribution in [2.45, 2.75) is 24.5 Å². The molecular weight excluding hydrogens is 522 g/mol. The third-order valence-electron chi connectivity index (χ3n) is 7.91. The van der Waals surface area contributed by atoms with Crippen LogP contribution in [0.5, 0.6) is 5.75 Å². The Kier molecular flexibility index (Phi) is 7.20. The first-order valence-corrected chi connectivity index (χ1v) is 12.7. The molecule has 40 heavy (non-hydrogen) atoms. The number of carbonyl (C=O) groups is 4. The number of amides is 2. The zero-order valence-electron chi connectivity index (χ0n) is 23.3. The molecule has 0 saturated carbocycles. The number of nitrogens with two attached hydrogens (primary N) is 1. The molecule has 0 radical (unpaired) electrons. The van der Waals surface area contributed by atoms with Gasteiger partial charge in [-0.05, 0) is 58.6 Å². The Morgan fingerprint density at radius 2 is 1.73 bits per heavy atom. The number of aromatic hydroxyl groups is 1. The molecule has 2 unspecified atom stereocenters. The van der Waals surface area contributed by atoms with Crippen LogP contribution in [-0.2, 0) is 20.8 Å². The fourth-order valence-corrected chi connectivity index (χ4v) is 6.27. The molecule has 1 aromatic rings. The predicted molar refractivity (Wildman–Crippen MR) is 145 cm³/mol. The zero-order chi connectivity index (χ0) is 30.0. The van der Waals surface area contributed by atoms with Crippen molar-refractivity contribution in [3.8, 4) is 5.75 Å². The maximum absolute atomic E-state index is 14.0. The van der Waals surface area contributed by atoms with Gasteiger partial charge in [-0.2, -0.15) is 0 Å². The van der Waals surface area contributed by atoms with Crippen molar-refractivity contribution in [2.75, 3.05) is 59.0 Å². The molecule has 0 aromatic heterocycles. The van der Waals surface area contributed by atoms with E-state index in [1.165, 1.54) is 4.90 Å². The molecule has 0 fully saturated rings. The molecule has 3 aliphatic carbocycles. The normalized spacial score (nSPS) is 26.1. The molecule has 0 saturated heterocycles. The number of benzene rings is 1. The van der Waals surface area contributed by atoms with Gasteiger partial charge in [-0.3, -0.25) is 24.1 Å². The lowest BCUT2D eigenvalue weighted by atomic mass is 9.58. The molecular formula is C27H35N5O8. The Balaban J connectivity index is 1.93. The quantitative estimate of drug-likeness (QED) is 0.198. The summed E-state index contributed by atoms with van der Waals surface area (Å²) in [5, 5.41) is 47.8. The van der Waals surface area contributed by atoms with E-state index in [0.717, 1.165) is 0 Å². The van der Waals surface area contributed by atoms with Gasteiger partial charge in [-0.1, -0.05) is 0 Å². The largest absolute Gasteiger partial charge is 0.510 e. The zero-order valence-corrected chi connectivity index (χ0v) is 23.3. The van der Waals surface area contributed by atoms with E-state index >= 15 is 0 Å². The highest BCUT2D eigenvalue weighted by molar-refractivity contribution is 6.25. The first kappa shape index (κ1) is 29.1. The van der Waals surface area contributed by atoms with Crippen molar-refractivity contribution in [2.24, 2.45) is 17.6 Å². The number of likely N-dealkylation sites (N-methyl/N-ethyl adjacent to an activating group) is 2. The standard InChI is InChI=1S/C27H35N5O8/c1-30(2)10-16(33)29-14-9-15(31(3)4)12-7-11-8-13-20(32(5)6)23(36)19(26(28)39)25(38)27(13,40)24(37)17(11)22(35)18(12)21(14)34/h9,11,13,20,34,36-37,40H,7-8,10H2,1-6H3,(H2,28,39)(H,29,33)/t11?,13?,20-,27-/m0/s1. The number of hydrogen-bond donors (Lipinski definition) is 6. The minimum absolute atomic E-state index is 0.0132. The van der Waals surface area contributed by atoms with Gasteiger partial charge in [0.1, 0.15) is 17.1 Å². The van der Waals surface area contributed by atoms with E-state index in [1.807, 2.05) is 0 Å². The number of primary amides is 1. The van der Waals surface area contributed by atoms with Crippen molar-refractivity contribution in [3.63, 3.8) is 0 Å². The molecule has 2 amide bonds. The lowest BCUT2D eigenvalue weighted by Crippen LogP contribution is -2.63. The second-order valence-electron chi connectivity index (χ2n) is 11.3. The lowest BCUT2D eigenvalue weighted by molar-refractivity contribution is -0.148. The summed E-state index contributed by atoms with van der Waals surface area (Å²) in [5.41, 5.74) is 2.33. The molecule has 216 valence electrons. The number of ketones is 2. The third-order valence-corrected chi connectivity index (χ3v) is 7.91. The highest BCUT2D eigenvalue weighted by atomic mass is 16.3. The first-order chi connectivity index (χ1) is 18.5. The number of Topliss-reactive ketones (excluding diaryl/α,β-unsaturated/α-hetero) is 2. The fraction of sp³-hybridized carbons (Fsp3) is 0.481. The van der Waals surface area contributed by atoms with Crippen LogP contribution in [0.15, 0.2) is 28.7 Å². The van der Waals surface area contributed by atoms with Gasteiger partial charge in [0.05, 0.1) is 23.8 Å². The Labute approximate surface area is 231 Å². The van der Waals surface area contributed by atoms with Crippen LogP contribution in [0.3, 0.4) is 0 Å². The highest BCUT2D eigenvalue weighted by Gasteiger charge is 2.63. The number of phenols is 1. The summed E-state index contributed by atoms with van der Waals surface area (Å²) in [5.74, 6) is -7.73. The van der Waals surface area contributed by atoms with E-state index in [4.69, 9.17) is 5.73 Å². The average Bonchev–Trinajstić information content (AvgIpc) is 2.81. The smallest absolute Gasteiger partial charge is 0.255 e. The fourth-order valence-electron chi connectivity index (χ4n) is 6.27. The van der Waals surface area contributed by atoms with E-state index in [-0.39, 0.29) is 36.2 Å². The van der Waals surface area contributed by atoms with Crippen LogP contribution < -0.4 is 16.0 Å². The average molecular weight is 558 g/mol. The Morgan fingerprint density at radius 1 is 1.10 bits per heavy atom. The molecule has 13 heteroatoms. The van der Waals surface area contributed by atoms with Crippen LogP contribution in [0.4, 0.5) is 11.4 Å². The van der Waals surface area contributed by atoms with Crippen molar-refractivity contribution in [1.29, 1.82) is 0 Å². The lowest BCUT2D eigenvalue weighted by Gasteiger charge is -2.50. The number of aliphatic hydroxyl groups is 3. The van der Waals surface area contributed by atoms with Gasteiger partial charge >= 0.3 is 0 Å². The summed E-state index contributed by atoms with van der Waals surface area (Å²) >= 11 is 0. The maximum Gasteiger partial charge on any atom is 0.255 e.